The van der Waals surface area contributed by atoms with Gasteiger partial charge in [-0.05, 0) is 38.9 Å². The maximum atomic E-state index is 14.2. The average molecular weight is 280 g/mol. The van der Waals surface area contributed by atoms with E-state index in [2.05, 4.69) is 10.2 Å². The van der Waals surface area contributed by atoms with Gasteiger partial charge < -0.3 is 15.3 Å². The first kappa shape index (κ1) is 15.3. The highest BCUT2D eigenvalue weighted by molar-refractivity contribution is 5.56. The predicted molar refractivity (Wildman–Crippen MR) is 80.5 cm³/mol. The molecule has 1 fully saturated rings. The molecule has 20 heavy (non-hydrogen) atoms. The van der Waals surface area contributed by atoms with Crippen LogP contribution < -0.4 is 10.2 Å². The zero-order valence-corrected chi connectivity index (χ0v) is 12.6. The zero-order chi connectivity index (χ0) is 14.7. The lowest BCUT2D eigenvalue weighted by Gasteiger charge is -2.38. The van der Waals surface area contributed by atoms with Gasteiger partial charge in [-0.15, -0.1) is 0 Å². The number of rotatable bonds is 4. The third-order valence-corrected chi connectivity index (χ3v) is 4.47. The van der Waals surface area contributed by atoms with Crippen molar-refractivity contribution in [3.63, 3.8) is 0 Å². The van der Waals surface area contributed by atoms with Gasteiger partial charge in [-0.1, -0.05) is 18.9 Å². The Hall–Kier alpha value is -1.13. The molecule has 1 aromatic carbocycles. The molecule has 0 aromatic heterocycles. The maximum absolute atomic E-state index is 14.2. The van der Waals surface area contributed by atoms with Crippen LogP contribution in [-0.2, 0) is 0 Å². The highest BCUT2D eigenvalue weighted by atomic mass is 19.1. The van der Waals surface area contributed by atoms with Crippen molar-refractivity contribution in [1.29, 1.82) is 0 Å². The van der Waals surface area contributed by atoms with Crippen molar-refractivity contribution in [2.24, 2.45) is 0 Å². The minimum absolute atomic E-state index is 0.0608. The molecule has 0 spiro atoms. The first-order chi connectivity index (χ1) is 9.56. The van der Waals surface area contributed by atoms with Crippen LogP contribution in [0, 0.1) is 5.82 Å². The molecule has 0 aliphatic heterocycles. The number of benzene rings is 1. The van der Waals surface area contributed by atoms with Gasteiger partial charge in [0.2, 0.25) is 0 Å². The summed E-state index contributed by atoms with van der Waals surface area (Å²) in [5.41, 5.74) is 1.55. The molecule has 4 heteroatoms. The molecule has 0 heterocycles. The molecule has 2 N–H and O–H groups in total. The lowest BCUT2D eigenvalue weighted by atomic mass is 9.90. The Balaban J connectivity index is 2.33. The van der Waals surface area contributed by atoms with E-state index in [4.69, 9.17) is 0 Å². The van der Waals surface area contributed by atoms with Crippen LogP contribution in [0.3, 0.4) is 0 Å². The van der Waals surface area contributed by atoms with Gasteiger partial charge in [0.25, 0.3) is 0 Å². The fraction of sp³-hybridized carbons (Fsp3) is 0.625. The topological polar surface area (TPSA) is 35.5 Å². The molecule has 3 atom stereocenters. The summed E-state index contributed by atoms with van der Waals surface area (Å²) in [5.74, 6) is -0.193. The van der Waals surface area contributed by atoms with Gasteiger partial charge in [0, 0.05) is 24.3 Å². The van der Waals surface area contributed by atoms with Crippen LogP contribution >= 0.6 is 0 Å². The minimum atomic E-state index is -0.324. The number of hydrogen-bond acceptors (Lipinski definition) is 3. The van der Waals surface area contributed by atoms with Crippen LogP contribution in [0.4, 0.5) is 10.1 Å². The predicted octanol–water partition coefficient (Wildman–Crippen LogP) is 2.85. The molecule has 3 nitrogen and oxygen atoms in total. The molecule has 2 rings (SSSR count). The maximum Gasteiger partial charge on any atom is 0.130 e. The van der Waals surface area contributed by atoms with Gasteiger partial charge in [0.15, 0.2) is 0 Å². The quantitative estimate of drug-likeness (QED) is 0.890. The van der Waals surface area contributed by atoms with Crippen LogP contribution in [0.15, 0.2) is 18.2 Å². The Kier molecular flexibility index (Phi) is 5.00. The number of anilines is 1. The first-order valence-corrected chi connectivity index (χ1v) is 7.42. The molecule has 0 amide bonds. The lowest BCUT2D eigenvalue weighted by molar-refractivity contribution is 0.106. The average Bonchev–Trinajstić information content (AvgIpc) is 2.46. The van der Waals surface area contributed by atoms with Crippen molar-refractivity contribution in [2.75, 3.05) is 19.0 Å². The SMILES string of the molecule is CNC(C)c1c(F)cccc1N(C)C1CCCCC1O. The van der Waals surface area contributed by atoms with E-state index in [-0.39, 0.29) is 24.0 Å². The lowest BCUT2D eigenvalue weighted by Crippen LogP contribution is -2.44. The largest absolute Gasteiger partial charge is 0.391 e. The summed E-state index contributed by atoms with van der Waals surface area (Å²) >= 11 is 0. The normalized spacial score (nSPS) is 24.4. The number of hydrogen-bond donors (Lipinski definition) is 2. The van der Waals surface area contributed by atoms with E-state index in [9.17, 15) is 9.50 Å². The number of aliphatic hydroxyl groups excluding tert-OH is 1. The molecule has 1 aromatic rings. The van der Waals surface area contributed by atoms with Crippen molar-refractivity contribution in [2.45, 2.75) is 50.8 Å². The van der Waals surface area contributed by atoms with Crippen LogP contribution in [0.1, 0.15) is 44.2 Å². The summed E-state index contributed by atoms with van der Waals surface area (Å²) < 4.78 is 14.2. The Morgan fingerprint density at radius 3 is 2.70 bits per heavy atom. The van der Waals surface area contributed by atoms with Crippen molar-refractivity contribution in [3.05, 3.63) is 29.6 Å². The second-order valence-corrected chi connectivity index (χ2v) is 5.71. The summed E-state index contributed by atoms with van der Waals surface area (Å²) in [4.78, 5) is 2.05. The third kappa shape index (κ3) is 2.96. The van der Waals surface area contributed by atoms with Gasteiger partial charge >= 0.3 is 0 Å². The van der Waals surface area contributed by atoms with Crippen LogP contribution in [-0.4, -0.2) is 31.3 Å². The van der Waals surface area contributed by atoms with Crippen LogP contribution in [0.2, 0.25) is 0 Å². The molecule has 3 unspecified atom stereocenters. The van der Waals surface area contributed by atoms with E-state index in [0.717, 1.165) is 31.4 Å². The molecule has 112 valence electrons. The van der Waals surface area contributed by atoms with E-state index < -0.39 is 0 Å². The van der Waals surface area contributed by atoms with E-state index in [1.807, 2.05) is 27.1 Å². The van der Waals surface area contributed by atoms with Gasteiger partial charge in [-0.3, -0.25) is 0 Å². The molecular formula is C16H25FN2O. The molecule has 0 bridgehead atoms. The van der Waals surface area contributed by atoms with Gasteiger partial charge in [0.05, 0.1) is 12.1 Å². The Bertz CT molecular complexity index is 452. The fourth-order valence-electron chi connectivity index (χ4n) is 3.13. The van der Waals surface area contributed by atoms with Gasteiger partial charge in [-0.25, -0.2) is 4.39 Å². The van der Waals surface area contributed by atoms with Crippen molar-refractivity contribution < 1.29 is 9.50 Å². The third-order valence-electron chi connectivity index (χ3n) is 4.47. The molecule has 1 saturated carbocycles. The highest BCUT2D eigenvalue weighted by Gasteiger charge is 2.29. The number of nitrogens with zero attached hydrogens (tertiary/aromatic N) is 1. The van der Waals surface area contributed by atoms with Gasteiger partial charge in [0.1, 0.15) is 5.82 Å². The van der Waals surface area contributed by atoms with Crippen molar-refractivity contribution >= 4 is 5.69 Å². The van der Waals surface area contributed by atoms with Crippen LogP contribution in [0.5, 0.6) is 0 Å². The molecular weight excluding hydrogens is 255 g/mol. The van der Waals surface area contributed by atoms with E-state index >= 15 is 0 Å². The minimum Gasteiger partial charge on any atom is -0.391 e. The number of halogens is 1. The zero-order valence-electron chi connectivity index (χ0n) is 12.6. The van der Waals surface area contributed by atoms with Gasteiger partial charge in [-0.2, -0.15) is 0 Å². The smallest absolute Gasteiger partial charge is 0.130 e. The Labute approximate surface area is 120 Å². The first-order valence-electron chi connectivity index (χ1n) is 7.42. The molecule has 1 aliphatic carbocycles. The summed E-state index contributed by atoms with van der Waals surface area (Å²) in [5, 5.41) is 13.3. The molecule has 0 radical (unpaired) electrons. The summed E-state index contributed by atoms with van der Waals surface area (Å²) in [6.45, 7) is 1.95. The second-order valence-electron chi connectivity index (χ2n) is 5.71. The fourth-order valence-corrected chi connectivity index (χ4v) is 3.13. The highest BCUT2D eigenvalue weighted by Crippen LogP contribution is 2.32. The summed E-state index contributed by atoms with van der Waals surface area (Å²) in [6, 6.07) is 5.19. The Morgan fingerprint density at radius 1 is 1.35 bits per heavy atom. The molecule has 0 saturated heterocycles. The monoisotopic (exact) mass is 280 g/mol. The molecule has 1 aliphatic rings. The van der Waals surface area contributed by atoms with Crippen LogP contribution in [0.25, 0.3) is 0 Å². The van der Waals surface area contributed by atoms with E-state index in [1.54, 1.807) is 6.07 Å². The second kappa shape index (κ2) is 6.55. The van der Waals surface area contributed by atoms with E-state index in [0.29, 0.717) is 5.56 Å². The number of likely N-dealkylation sites (N-methyl/N-ethyl adjacent to an activating group) is 1. The number of nitrogens with one attached hydrogen (secondary N) is 1. The summed E-state index contributed by atoms with van der Waals surface area (Å²) in [7, 11) is 3.79. The Morgan fingerprint density at radius 2 is 2.05 bits per heavy atom. The summed E-state index contributed by atoms with van der Waals surface area (Å²) in [6.07, 6.45) is 3.67. The van der Waals surface area contributed by atoms with Crippen molar-refractivity contribution in [1.82, 2.24) is 5.32 Å². The van der Waals surface area contributed by atoms with Crippen molar-refractivity contribution in [3.8, 4) is 0 Å². The van der Waals surface area contributed by atoms with E-state index in [1.165, 1.54) is 6.07 Å². The standard InChI is InChI=1S/C16H25FN2O/c1-11(18-2)16-12(17)7-6-9-14(16)19(3)13-8-4-5-10-15(13)20/h6-7,9,11,13,15,18,20H,4-5,8,10H2,1-3H3. The number of aliphatic hydroxyl groups is 1.